The van der Waals surface area contributed by atoms with Crippen molar-refractivity contribution in [2.45, 2.75) is 0 Å². The number of aromatic nitrogens is 4. The molecule has 4 heteroatoms. The van der Waals surface area contributed by atoms with Gasteiger partial charge in [0, 0.05) is 28.5 Å². The second-order valence-corrected chi connectivity index (χ2v) is 14.2. The van der Waals surface area contributed by atoms with Gasteiger partial charge in [0.25, 0.3) is 0 Å². The first kappa shape index (κ1) is 31.9. The zero-order valence-electron chi connectivity index (χ0n) is 30.3. The van der Waals surface area contributed by atoms with Crippen LogP contribution in [0.3, 0.4) is 0 Å². The van der Waals surface area contributed by atoms with Crippen molar-refractivity contribution in [3.63, 3.8) is 0 Å². The summed E-state index contributed by atoms with van der Waals surface area (Å²) in [6.45, 7) is 0. The minimum Gasteiger partial charge on any atom is -0.256 e. The molecule has 0 fully saturated rings. The summed E-state index contributed by atoms with van der Waals surface area (Å²) >= 11 is 0. The number of nitrogens with zero attached hydrogens (tertiary/aromatic N) is 4. The molecule has 2 heterocycles. The van der Waals surface area contributed by atoms with Crippen LogP contribution in [0.2, 0.25) is 0 Å². The highest BCUT2D eigenvalue weighted by Gasteiger charge is 2.22. The van der Waals surface area contributed by atoms with Gasteiger partial charge in [-0.15, -0.1) is 0 Å². The van der Waals surface area contributed by atoms with Crippen LogP contribution in [0.1, 0.15) is 0 Å². The molecule has 0 saturated carbocycles. The van der Waals surface area contributed by atoms with Crippen LogP contribution in [0.25, 0.3) is 110 Å². The van der Waals surface area contributed by atoms with Crippen LogP contribution in [0.4, 0.5) is 0 Å². The topological polar surface area (TPSA) is 51.6 Å². The van der Waals surface area contributed by atoms with Crippen LogP contribution in [0, 0.1) is 0 Å². The van der Waals surface area contributed by atoms with Gasteiger partial charge in [-0.2, -0.15) is 0 Å². The van der Waals surface area contributed by atoms with Gasteiger partial charge in [-0.05, 0) is 89.3 Å². The fourth-order valence-electron chi connectivity index (χ4n) is 8.39. The third-order valence-corrected chi connectivity index (χ3v) is 11.0. The summed E-state index contributed by atoms with van der Waals surface area (Å²) in [4.78, 5) is 21.0. The lowest BCUT2D eigenvalue weighted by Crippen LogP contribution is -2.02. The average Bonchev–Trinajstić information content (AvgIpc) is 3.28. The van der Waals surface area contributed by atoms with E-state index in [2.05, 4.69) is 164 Å². The molecule has 0 unspecified atom stereocenters. The Morgan fingerprint density at radius 2 is 0.857 bits per heavy atom. The summed E-state index contributed by atoms with van der Waals surface area (Å²) in [5, 5.41) is 11.3. The second-order valence-electron chi connectivity index (χ2n) is 14.2. The SMILES string of the molecule is c1ccc(-c2ccc3c(-c4nc(-c5ccccc5)nc(-c5cc6c7ccccc7ccc6c6ccccc56)n4)c4ccccc4c(-c4ccccn4)c3c2)cc1. The van der Waals surface area contributed by atoms with Crippen molar-refractivity contribution in [1.82, 2.24) is 19.9 Å². The second kappa shape index (κ2) is 13.1. The standard InChI is InChI=1S/C52H32N4/c1-3-15-33(16-4-1)36-27-29-43-45(31-36)48(47-25-13-14-30-53-47)41-23-11-12-24-42(41)49(43)52-55-50(35-18-5-2-6-19-35)54-51(56-52)46-32-44-37-20-8-7-17-34(37)26-28-40(44)38-21-9-10-22-39(38)46/h1-32H. The molecule has 2 aromatic heterocycles. The van der Waals surface area contributed by atoms with Crippen molar-refractivity contribution in [2.24, 2.45) is 0 Å². The number of hydrogen-bond acceptors (Lipinski definition) is 4. The Balaban J connectivity index is 1.27. The predicted molar refractivity (Wildman–Crippen MR) is 232 cm³/mol. The van der Waals surface area contributed by atoms with Gasteiger partial charge in [-0.1, -0.05) is 164 Å². The number of benzene rings is 9. The van der Waals surface area contributed by atoms with Gasteiger partial charge >= 0.3 is 0 Å². The maximum absolute atomic E-state index is 5.48. The molecule has 0 N–H and O–H groups in total. The summed E-state index contributed by atoms with van der Waals surface area (Å²) in [7, 11) is 0. The number of pyridine rings is 1. The van der Waals surface area contributed by atoms with E-state index in [1.54, 1.807) is 0 Å². The molecular weight excluding hydrogens is 681 g/mol. The van der Waals surface area contributed by atoms with E-state index in [1.165, 1.54) is 21.5 Å². The molecule has 0 atom stereocenters. The zero-order chi connectivity index (χ0) is 37.0. The van der Waals surface area contributed by atoms with Gasteiger partial charge in [0.05, 0.1) is 5.69 Å². The van der Waals surface area contributed by atoms with E-state index in [-0.39, 0.29) is 0 Å². The molecule has 0 saturated heterocycles. The molecule has 0 radical (unpaired) electrons. The number of hydrogen-bond donors (Lipinski definition) is 0. The molecule has 0 aliphatic rings. The largest absolute Gasteiger partial charge is 0.256 e. The summed E-state index contributed by atoms with van der Waals surface area (Å²) < 4.78 is 0. The lowest BCUT2D eigenvalue weighted by atomic mass is 9.88. The summed E-state index contributed by atoms with van der Waals surface area (Å²) in [5.74, 6) is 1.88. The zero-order valence-corrected chi connectivity index (χ0v) is 30.3. The van der Waals surface area contributed by atoms with Gasteiger partial charge in [-0.25, -0.2) is 15.0 Å². The fourth-order valence-corrected chi connectivity index (χ4v) is 8.39. The highest BCUT2D eigenvalue weighted by atomic mass is 15.0. The third-order valence-electron chi connectivity index (χ3n) is 11.0. The predicted octanol–water partition coefficient (Wildman–Crippen LogP) is 13.4. The van der Waals surface area contributed by atoms with Crippen LogP contribution in [-0.4, -0.2) is 19.9 Å². The van der Waals surface area contributed by atoms with E-state index < -0.39 is 0 Å². The van der Waals surface area contributed by atoms with Gasteiger partial charge in [0.15, 0.2) is 17.5 Å². The summed E-state index contributed by atoms with van der Waals surface area (Å²) in [5.41, 5.74) is 7.15. The molecule has 11 rings (SSSR count). The monoisotopic (exact) mass is 712 g/mol. The number of rotatable bonds is 5. The average molecular weight is 713 g/mol. The van der Waals surface area contributed by atoms with Crippen LogP contribution in [-0.2, 0) is 0 Å². The molecule has 11 aromatic rings. The molecule has 0 aliphatic carbocycles. The van der Waals surface area contributed by atoms with Crippen LogP contribution >= 0.6 is 0 Å². The lowest BCUT2D eigenvalue weighted by molar-refractivity contribution is 1.08. The quantitative estimate of drug-likeness (QED) is 0.132. The van der Waals surface area contributed by atoms with Crippen LogP contribution in [0.5, 0.6) is 0 Å². The first-order valence-corrected chi connectivity index (χ1v) is 18.9. The van der Waals surface area contributed by atoms with E-state index in [0.29, 0.717) is 17.5 Å². The van der Waals surface area contributed by atoms with E-state index in [9.17, 15) is 0 Å². The van der Waals surface area contributed by atoms with Crippen molar-refractivity contribution in [1.29, 1.82) is 0 Å². The maximum Gasteiger partial charge on any atom is 0.165 e. The molecule has 0 amide bonds. The number of fused-ring (bicyclic) bond motifs is 7. The highest BCUT2D eigenvalue weighted by Crippen LogP contribution is 2.45. The Morgan fingerprint density at radius 3 is 1.62 bits per heavy atom. The molecule has 260 valence electrons. The molecule has 0 bridgehead atoms. The fraction of sp³-hybridized carbons (Fsp3) is 0. The van der Waals surface area contributed by atoms with E-state index in [4.69, 9.17) is 19.9 Å². The van der Waals surface area contributed by atoms with Crippen molar-refractivity contribution >= 4 is 53.9 Å². The van der Waals surface area contributed by atoms with Crippen molar-refractivity contribution < 1.29 is 0 Å². The van der Waals surface area contributed by atoms with Gasteiger partial charge in [0.2, 0.25) is 0 Å². The van der Waals surface area contributed by atoms with Crippen LogP contribution < -0.4 is 0 Å². The van der Waals surface area contributed by atoms with E-state index >= 15 is 0 Å². The Kier molecular flexibility index (Phi) is 7.46. The van der Waals surface area contributed by atoms with E-state index in [0.717, 1.165) is 71.4 Å². The molecule has 4 nitrogen and oxygen atoms in total. The minimum absolute atomic E-state index is 0.622. The van der Waals surface area contributed by atoms with Crippen molar-refractivity contribution in [2.75, 3.05) is 0 Å². The summed E-state index contributed by atoms with van der Waals surface area (Å²) in [6.07, 6.45) is 1.87. The third kappa shape index (κ3) is 5.23. The minimum atomic E-state index is 0.622. The maximum atomic E-state index is 5.48. The van der Waals surface area contributed by atoms with Crippen molar-refractivity contribution in [3.05, 3.63) is 194 Å². The van der Waals surface area contributed by atoms with E-state index in [1.807, 2.05) is 30.5 Å². The highest BCUT2D eigenvalue weighted by molar-refractivity contribution is 6.22. The Hall–Kier alpha value is -7.56. The Labute approximate surface area is 323 Å². The first-order valence-electron chi connectivity index (χ1n) is 18.9. The molecule has 9 aromatic carbocycles. The first-order chi connectivity index (χ1) is 27.8. The van der Waals surface area contributed by atoms with Crippen molar-refractivity contribution in [3.8, 4) is 56.5 Å². The smallest absolute Gasteiger partial charge is 0.165 e. The lowest BCUT2D eigenvalue weighted by Gasteiger charge is -2.18. The van der Waals surface area contributed by atoms with Crippen LogP contribution in [0.15, 0.2) is 194 Å². The van der Waals surface area contributed by atoms with Gasteiger partial charge < -0.3 is 0 Å². The normalized spacial score (nSPS) is 11.6. The molecule has 0 aliphatic heterocycles. The molecule has 56 heavy (non-hydrogen) atoms. The Morgan fingerprint density at radius 1 is 0.286 bits per heavy atom. The van der Waals surface area contributed by atoms with Gasteiger partial charge in [-0.3, -0.25) is 4.98 Å². The molecular formula is C52H32N4. The van der Waals surface area contributed by atoms with Gasteiger partial charge in [0.1, 0.15) is 0 Å². The summed E-state index contributed by atoms with van der Waals surface area (Å²) in [6, 6.07) is 66.1. The molecule has 0 spiro atoms. The Bertz CT molecular complexity index is 3290.